The van der Waals surface area contributed by atoms with Crippen LogP contribution in [0.25, 0.3) is 33.4 Å². The Morgan fingerprint density at radius 1 is 0.449 bits per heavy atom. The molecule has 0 amide bonds. The summed E-state index contributed by atoms with van der Waals surface area (Å²) in [6.07, 6.45) is 17.3. The van der Waals surface area contributed by atoms with Crippen LogP contribution < -0.4 is 0 Å². The lowest BCUT2D eigenvalue weighted by Gasteiger charge is -2.15. The second-order valence-electron chi connectivity index (χ2n) is 14.2. The first-order chi connectivity index (χ1) is 24.1. The number of hydrogen-bond donors (Lipinski definition) is 2. The topological polar surface area (TPSA) is 68.0 Å². The molecule has 0 radical (unpaired) electrons. The van der Waals surface area contributed by atoms with Gasteiger partial charge in [0, 0.05) is 17.5 Å². The Hall–Kier alpha value is -4.72. The van der Waals surface area contributed by atoms with E-state index >= 15 is 0 Å². The Labute approximate surface area is 287 Å². The molecule has 49 heavy (non-hydrogen) atoms. The Balaban J connectivity index is 1.13. The summed E-state index contributed by atoms with van der Waals surface area (Å²) in [5, 5.41) is 23.8. The Kier molecular flexibility index (Phi) is 8.56. The average Bonchev–Trinajstić information content (AvgIpc) is 3.98. The number of rotatable bonds is 18. The highest BCUT2D eigenvalue weighted by Crippen LogP contribution is 2.39. The van der Waals surface area contributed by atoms with Crippen LogP contribution in [-0.4, -0.2) is 38.3 Å². The largest absolute Gasteiger partial charge is 0.505 e. The SMILES string of the molecule is CCCCCCCCc1cc(Cc2cc(CCCCCCCC)cc(-n3n4c5ccccc5n34)c2O)c(O)c(-n2n3c4ccccc4n23)c1. The van der Waals surface area contributed by atoms with Gasteiger partial charge >= 0.3 is 0 Å². The van der Waals surface area contributed by atoms with Crippen molar-refractivity contribution in [3.05, 3.63) is 95.1 Å². The maximum Gasteiger partial charge on any atom is 0.146 e. The molecule has 0 saturated carbocycles. The van der Waals surface area contributed by atoms with Gasteiger partial charge in [-0.2, -0.15) is 0 Å². The fourth-order valence-corrected chi connectivity index (χ4v) is 7.77. The maximum absolute atomic E-state index is 11.9. The standard InChI is InChI=1S/C41H50N6O2/c1-3-5-7-9-11-13-19-30-25-32(40(48)38(27-30)46-42-34-21-15-16-22-35(34)43(42)46)29-33-26-31(20-14-12-10-8-6-4-2)28-39(41(33)49)47-44-36-23-17-18-24-37(36)45(44)47/h15-18,21-28,48-49H,3-14,19-20,29H2,1-2H3. The fraction of sp³-hybridized carbons (Fsp3) is 0.415. The van der Waals surface area contributed by atoms with E-state index in [4.69, 9.17) is 0 Å². The summed E-state index contributed by atoms with van der Waals surface area (Å²) < 4.78 is 8.43. The van der Waals surface area contributed by atoms with Crippen LogP contribution >= 0.6 is 0 Å². The first-order valence-corrected chi connectivity index (χ1v) is 18.8. The zero-order chi connectivity index (χ0) is 33.5. The minimum absolute atomic E-state index is 0.279. The molecular weight excluding hydrogens is 608 g/mol. The van der Waals surface area contributed by atoms with Crippen molar-refractivity contribution in [2.24, 2.45) is 0 Å². The van der Waals surface area contributed by atoms with E-state index in [2.05, 4.69) is 115 Å². The summed E-state index contributed by atoms with van der Waals surface area (Å²) in [4.78, 5) is 4.14. The van der Waals surface area contributed by atoms with Crippen molar-refractivity contribution < 1.29 is 10.2 Å². The average molecular weight is 659 g/mol. The predicted molar refractivity (Wildman–Crippen MR) is 198 cm³/mol. The van der Waals surface area contributed by atoms with Gasteiger partial charge < -0.3 is 10.2 Å². The number of fused-ring (bicyclic) bond motifs is 8. The van der Waals surface area contributed by atoms with Crippen LogP contribution in [0, 0.1) is 0 Å². The molecule has 0 fully saturated rings. The molecule has 0 saturated heterocycles. The van der Waals surface area contributed by atoms with Crippen LogP contribution in [0.15, 0.2) is 72.8 Å². The molecule has 4 aromatic carbocycles. The molecule has 0 spiro atoms. The molecule has 0 bridgehead atoms. The van der Waals surface area contributed by atoms with E-state index in [9.17, 15) is 10.2 Å². The van der Waals surface area contributed by atoms with Gasteiger partial charge in [0.2, 0.25) is 0 Å². The van der Waals surface area contributed by atoms with Gasteiger partial charge in [0.05, 0.1) is 0 Å². The molecule has 2 N–H and O–H groups in total. The second-order valence-corrected chi connectivity index (χ2v) is 14.2. The predicted octanol–water partition coefficient (Wildman–Crippen LogP) is 9.96. The molecule has 0 aliphatic carbocycles. The van der Waals surface area contributed by atoms with Crippen molar-refractivity contribution >= 4 is 22.1 Å². The van der Waals surface area contributed by atoms with Gasteiger partial charge in [-0.15, -0.1) is 28.1 Å². The molecule has 0 unspecified atom stereocenters. The van der Waals surface area contributed by atoms with Crippen molar-refractivity contribution in [3.63, 3.8) is 0 Å². The highest BCUT2D eigenvalue weighted by Gasteiger charge is 2.29. The smallest absolute Gasteiger partial charge is 0.146 e. The summed E-state index contributed by atoms with van der Waals surface area (Å²) in [7, 11) is 0. The number of hydrogen-bond acceptors (Lipinski definition) is 2. The van der Waals surface area contributed by atoms with E-state index in [1.54, 1.807) is 0 Å². The molecule has 256 valence electrons. The van der Waals surface area contributed by atoms with E-state index in [1.165, 1.54) is 75.3 Å². The maximum atomic E-state index is 11.9. The van der Waals surface area contributed by atoms with Gasteiger partial charge in [-0.1, -0.05) is 114 Å². The van der Waals surface area contributed by atoms with Gasteiger partial charge in [0.15, 0.2) is 0 Å². The molecule has 8 heteroatoms. The minimum atomic E-state index is 0.279. The molecule has 8 aromatic rings. The van der Waals surface area contributed by atoms with Crippen molar-refractivity contribution in [2.45, 2.75) is 110 Å². The van der Waals surface area contributed by atoms with E-state index in [-0.39, 0.29) is 11.5 Å². The quantitative estimate of drug-likeness (QED) is 0.0902. The third-order valence-electron chi connectivity index (χ3n) is 10.5. The lowest BCUT2D eigenvalue weighted by atomic mass is 9.95. The highest BCUT2D eigenvalue weighted by atomic mass is 16.3. The van der Waals surface area contributed by atoms with Crippen molar-refractivity contribution in [3.8, 4) is 22.9 Å². The molecule has 4 heterocycles. The highest BCUT2D eigenvalue weighted by molar-refractivity contribution is 5.80. The summed E-state index contributed by atoms with van der Waals surface area (Å²) >= 11 is 0. The Morgan fingerprint density at radius 3 is 1.16 bits per heavy atom. The third kappa shape index (κ3) is 5.75. The summed E-state index contributed by atoms with van der Waals surface area (Å²) in [6, 6.07) is 25.4. The number of aromatic nitrogens is 6. The van der Waals surface area contributed by atoms with Gasteiger partial charge in [-0.3, -0.25) is 0 Å². The monoisotopic (exact) mass is 658 g/mol. The van der Waals surface area contributed by atoms with Crippen LogP contribution in [0.3, 0.4) is 0 Å². The van der Waals surface area contributed by atoms with E-state index in [1.807, 2.05) is 0 Å². The normalized spacial score (nSPS) is 12.4. The van der Waals surface area contributed by atoms with Crippen LogP contribution in [-0.2, 0) is 19.3 Å². The van der Waals surface area contributed by atoms with Gasteiger partial charge in [0.25, 0.3) is 0 Å². The molecular formula is C41H50N6O2. The molecule has 8 rings (SSSR count). The van der Waals surface area contributed by atoms with Crippen LogP contribution in [0.2, 0.25) is 0 Å². The van der Waals surface area contributed by atoms with Crippen molar-refractivity contribution in [1.82, 2.24) is 28.1 Å². The lowest BCUT2D eigenvalue weighted by molar-refractivity contribution is 0.459. The zero-order valence-electron chi connectivity index (χ0n) is 29.1. The van der Waals surface area contributed by atoms with E-state index < -0.39 is 0 Å². The number of para-hydroxylation sites is 4. The number of phenols is 2. The zero-order valence-corrected chi connectivity index (χ0v) is 29.1. The number of aryl methyl sites for hydroxylation is 2. The van der Waals surface area contributed by atoms with Crippen molar-refractivity contribution in [1.29, 1.82) is 0 Å². The van der Waals surface area contributed by atoms with Crippen LogP contribution in [0.4, 0.5) is 0 Å². The molecule has 8 nitrogen and oxygen atoms in total. The van der Waals surface area contributed by atoms with Crippen molar-refractivity contribution in [2.75, 3.05) is 0 Å². The van der Waals surface area contributed by atoms with Gasteiger partial charge in [0.1, 0.15) is 44.9 Å². The lowest BCUT2D eigenvalue weighted by Crippen LogP contribution is -2.01. The Bertz CT molecular complexity index is 2040. The molecule has 0 atom stereocenters. The molecule has 0 aliphatic rings. The van der Waals surface area contributed by atoms with E-state index in [0.29, 0.717) is 6.42 Å². The second kappa shape index (κ2) is 13.3. The number of aromatic hydroxyl groups is 2. The summed E-state index contributed by atoms with van der Waals surface area (Å²) in [6.45, 7) is 4.52. The fourth-order valence-electron chi connectivity index (χ4n) is 7.77. The molecule has 0 aliphatic heterocycles. The number of benzene rings is 4. The number of phenolic OH excluding ortho intramolecular Hbond substituents is 2. The van der Waals surface area contributed by atoms with E-state index in [0.717, 1.165) is 70.3 Å². The number of nitrogens with zero attached hydrogens (tertiary/aromatic N) is 6. The molecule has 4 aromatic heterocycles. The van der Waals surface area contributed by atoms with Gasteiger partial charge in [-0.05, 0) is 73.2 Å². The first-order valence-electron chi connectivity index (χ1n) is 18.8. The number of unbranched alkanes of at least 4 members (excludes halogenated alkanes) is 10. The minimum Gasteiger partial charge on any atom is -0.505 e. The van der Waals surface area contributed by atoms with Gasteiger partial charge in [-0.25, -0.2) is 0 Å². The third-order valence-corrected chi connectivity index (χ3v) is 10.5. The Morgan fingerprint density at radius 2 is 0.796 bits per heavy atom. The van der Waals surface area contributed by atoms with Crippen LogP contribution in [0.1, 0.15) is 113 Å². The van der Waals surface area contributed by atoms with Crippen LogP contribution in [0.5, 0.6) is 11.5 Å². The summed E-state index contributed by atoms with van der Waals surface area (Å²) in [5.41, 5.74) is 10.4. The first kappa shape index (κ1) is 31.5. The summed E-state index contributed by atoms with van der Waals surface area (Å²) in [5.74, 6) is 0.557.